The van der Waals surface area contributed by atoms with E-state index >= 15 is 0 Å². The maximum absolute atomic E-state index is 13.4. The quantitative estimate of drug-likeness (QED) is 0.563. The largest absolute Gasteiger partial charge is 0.415 e. The molecule has 1 atom stereocenters. The van der Waals surface area contributed by atoms with Crippen LogP contribution in [0.1, 0.15) is 22.9 Å². The number of fused-ring (bicyclic) bond motifs is 3. The maximum atomic E-state index is 13.4. The number of aromatic nitrogens is 2. The van der Waals surface area contributed by atoms with Crippen molar-refractivity contribution in [3.63, 3.8) is 0 Å². The summed E-state index contributed by atoms with van der Waals surface area (Å²) in [6.45, 7) is 1.86. The molecule has 1 amide bonds. The molecule has 0 saturated carbocycles. The number of ether oxygens (including phenoxy) is 1. The number of aryl methyl sites for hydroxylation is 1. The Bertz CT molecular complexity index is 1300. The fourth-order valence-corrected chi connectivity index (χ4v) is 4.09. The van der Waals surface area contributed by atoms with E-state index in [2.05, 4.69) is 5.10 Å². The number of rotatable bonds is 2. The van der Waals surface area contributed by atoms with E-state index in [0.717, 1.165) is 22.0 Å². The van der Waals surface area contributed by atoms with Gasteiger partial charge < -0.3 is 4.74 Å². The highest BCUT2D eigenvalue weighted by Crippen LogP contribution is 2.42. The minimum atomic E-state index is -0.550. The Kier molecular flexibility index (Phi) is 3.81. The molecule has 1 aromatic heterocycles. The minimum absolute atomic E-state index is 0.181. The van der Waals surface area contributed by atoms with Gasteiger partial charge in [-0.1, -0.05) is 48.5 Å². The number of carbonyl (C=O) groups is 1. The zero-order valence-electron chi connectivity index (χ0n) is 16.0. The van der Waals surface area contributed by atoms with Crippen LogP contribution in [0.25, 0.3) is 16.5 Å². The second-order valence-electron chi connectivity index (χ2n) is 7.21. The summed E-state index contributed by atoms with van der Waals surface area (Å²) < 4.78 is 7.06. The molecule has 1 aliphatic heterocycles. The summed E-state index contributed by atoms with van der Waals surface area (Å²) in [5.41, 5.74) is 2.63. The van der Waals surface area contributed by atoms with Crippen LogP contribution in [0.2, 0.25) is 0 Å². The first-order valence-electron chi connectivity index (χ1n) is 9.39. The fraction of sp³-hybridized carbons (Fsp3) is 0.130. The van der Waals surface area contributed by atoms with E-state index in [0.29, 0.717) is 17.0 Å². The molecule has 0 fully saturated rings. The highest BCUT2D eigenvalue weighted by atomic mass is 16.6. The van der Waals surface area contributed by atoms with Gasteiger partial charge in [-0.25, -0.2) is 9.48 Å². The number of amides is 1. The van der Waals surface area contributed by atoms with Crippen molar-refractivity contribution in [1.82, 2.24) is 14.7 Å². The molecule has 0 spiro atoms. The van der Waals surface area contributed by atoms with Crippen molar-refractivity contribution in [3.05, 3.63) is 93.9 Å². The van der Waals surface area contributed by atoms with Crippen LogP contribution in [-0.2, 0) is 0 Å². The van der Waals surface area contributed by atoms with Crippen molar-refractivity contribution in [2.75, 3.05) is 7.05 Å². The summed E-state index contributed by atoms with van der Waals surface area (Å²) in [6.07, 6.45) is -0.482. The summed E-state index contributed by atoms with van der Waals surface area (Å²) in [5.74, 6) is 0.489. The Hall–Kier alpha value is -3.80. The molecule has 0 radical (unpaired) electrons. The molecule has 0 aliphatic carbocycles. The number of H-pyrrole nitrogens is 1. The number of nitrogens with one attached hydrogen (secondary N) is 1. The molecular formula is C23H19N3O3. The monoisotopic (exact) mass is 385 g/mol. The van der Waals surface area contributed by atoms with Gasteiger partial charge in [-0.05, 0) is 35.9 Å². The van der Waals surface area contributed by atoms with Crippen LogP contribution in [0.5, 0.6) is 5.75 Å². The summed E-state index contributed by atoms with van der Waals surface area (Å²) in [5, 5.41) is 5.15. The van der Waals surface area contributed by atoms with Gasteiger partial charge in [0.1, 0.15) is 5.75 Å². The number of nitrogens with zero attached hydrogens (tertiary/aromatic N) is 2. The highest BCUT2D eigenvalue weighted by Gasteiger charge is 2.38. The molecule has 6 nitrogen and oxygen atoms in total. The number of hydrogen-bond donors (Lipinski definition) is 1. The smallest absolute Gasteiger partial charge is 0.410 e. The van der Waals surface area contributed by atoms with Crippen molar-refractivity contribution >= 4 is 16.9 Å². The molecule has 6 heteroatoms. The maximum Gasteiger partial charge on any atom is 0.415 e. The number of benzene rings is 3. The van der Waals surface area contributed by atoms with Gasteiger partial charge in [-0.2, -0.15) is 0 Å². The van der Waals surface area contributed by atoms with Crippen LogP contribution in [0.4, 0.5) is 4.79 Å². The van der Waals surface area contributed by atoms with Crippen molar-refractivity contribution in [2.45, 2.75) is 13.0 Å². The van der Waals surface area contributed by atoms with Crippen molar-refractivity contribution in [3.8, 4) is 11.4 Å². The van der Waals surface area contributed by atoms with Crippen LogP contribution in [0.3, 0.4) is 0 Å². The van der Waals surface area contributed by atoms with E-state index < -0.39 is 12.1 Å². The molecule has 1 unspecified atom stereocenters. The number of aromatic amines is 1. The average molecular weight is 385 g/mol. The second kappa shape index (κ2) is 6.38. The van der Waals surface area contributed by atoms with E-state index in [-0.39, 0.29) is 5.56 Å². The van der Waals surface area contributed by atoms with Gasteiger partial charge in [0.2, 0.25) is 0 Å². The van der Waals surface area contributed by atoms with E-state index in [1.807, 2.05) is 67.6 Å². The lowest BCUT2D eigenvalue weighted by Gasteiger charge is -2.34. The average Bonchev–Trinajstić information content (AvgIpc) is 3.04. The third kappa shape index (κ3) is 2.56. The molecule has 4 aromatic rings. The number of carbonyl (C=O) groups excluding carboxylic acids is 1. The normalized spacial score (nSPS) is 16.0. The zero-order valence-corrected chi connectivity index (χ0v) is 16.0. The van der Waals surface area contributed by atoms with Crippen LogP contribution >= 0.6 is 0 Å². The van der Waals surface area contributed by atoms with Gasteiger partial charge >= 0.3 is 6.09 Å². The predicted molar refractivity (Wildman–Crippen MR) is 111 cm³/mol. The molecule has 3 aromatic carbocycles. The molecule has 0 saturated heterocycles. The SMILES string of the molecule is Cc1[nH]n(-c2ccccc2)c(=O)c1C1c2c(ccc3ccccc23)OC(=O)N1C. The Balaban J connectivity index is 1.80. The first-order valence-corrected chi connectivity index (χ1v) is 9.39. The summed E-state index contributed by atoms with van der Waals surface area (Å²) >= 11 is 0. The topological polar surface area (TPSA) is 67.3 Å². The standard InChI is InChI=1S/C23H19N3O3/c1-14-19(22(27)26(24-14)16-9-4-3-5-10-16)21-20-17-11-7-6-8-15(17)12-13-18(20)29-23(28)25(21)2/h3-13,21,24H,1-2H3. The Labute approximate surface area is 166 Å². The van der Waals surface area contributed by atoms with Gasteiger partial charge in [-0.15, -0.1) is 0 Å². The number of hydrogen-bond acceptors (Lipinski definition) is 3. The van der Waals surface area contributed by atoms with Crippen LogP contribution in [-0.4, -0.2) is 27.8 Å². The zero-order chi connectivity index (χ0) is 20.1. The Morgan fingerprint density at radius 2 is 1.62 bits per heavy atom. The van der Waals surface area contributed by atoms with Gasteiger partial charge in [0.25, 0.3) is 5.56 Å². The van der Waals surface area contributed by atoms with Crippen LogP contribution < -0.4 is 10.3 Å². The van der Waals surface area contributed by atoms with Crippen molar-refractivity contribution < 1.29 is 9.53 Å². The van der Waals surface area contributed by atoms with Crippen molar-refractivity contribution in [1.29, 1.82) is 0 Å². The summed E-state index contributed by atoms with van der Waals surface area (Å²) in [7, 11) is 1.66. The third-order valence-electron chi connectivity index (χ3n) is 5.48. The first-order chi connectivity index (χ1) is 14.1. The molecule has 144 valence electrons. The van der Waals surface area contributed by atoms with E-state index in [9.17, 15) is 9.59 Å². The highest BCUT2D eigenvalue weighted by molar-refractivity contribution is 5.91. The molecule has 29 heavy (non-hydrogen) atoms. The second-order valence-corrected chi connectivity index (χ2v) is 7.21. The van der Waals surface area contributed by atoms with E-state index in [4.69, 9.17) is 4.74 Å². The lowest BCUT2D eigenvalue weighted by Crippen LogP contribution is -2.40. The van der Waals surface area contributed by atoms with Crippen LogP contribution in [0.15, 0.2) is 71.5 Å². The van der Waals surface area contributed by atoms with Crippen LogP contribution in [0, 0.1) is 6.92 Å². The van der Waals surface area contributed by atoms with Gasteiger partial charge in [0.15, 0.2) is 0 Å². The Morgan fingerprint density at radius 3 is 2.41 bits per heavy atom. The van der Waals surface area contributed by atoms with Gasteiger partial charge in [0, 0.05) is 18.3 Å². The van der Waals surface area contributed by atoms with E-state index in [1.54, 1.807) is 13.1 Å². The fourth-order valence-electron chi connectivity index (χ4n) is 4.09. The van der Waals surface area contributed by atoms with Gasteiger partial charge in [0.05, 0.1) is 17.3 Å². The predicted octanol–water partition coefficient (Wildman–Crippen LogP) is 4.16. The van der Waals surface area contributed by atoms with E-state index in [1.165, 1.54) is 9.58 Å². The number of para-hydroxylation sites is 1. The lowest BCUT2D eigenvalue weighted by atomic mass is 9.91. The molecule has 2 heterocycles. The van der Waals surface area contributed by atoms with Crippen molar-refractivity contribution in [2.24, 2.45) is 0 Å². The summed E-state index contributed by atoms with van der Waals surface area (Å²) in [6, 6.07) is 20.5. The minimum Gasteiger partial charge on any atom is -0.410 e. The molecule has 1 N–H and O–H groups in total. The third-order valence-corrected chi connectivity index (χ3v) is 5.48. The summed E-state index contributed by atoms with van der Waals surface area (Å²) in [4.78, 5) is 27.5. The molecular weight excluding hydrogens is 366 g/mol. The molecule has 0 bridgehead atoms. The molecule has 5 rings (SSSR count). The Morgan fingerprint density at radius 1 is 0.897 bits per heavy atom. The first kappa shape index (κ1) is 17.3. The van der Waals surface area contributed by atoms with Gasteiger partial charge in [-0.3, -0.25) is 14.8 Å². The lowest BCUT2D eigenvalue weighted by molar-refractivity contribution is 0.140. The molecule has 1 aliphatic rings.